The Morgan fingerprint density at radius 2 is 2.29 bits per heavy atom. The lowest BCUT2D eigenvalue weighted by atomic mass is 10.2. The van der Waals surface area contributed by atoms with E-state index in [1.165, 1.54) is 4.68 Å². The topological polar surface area (TPSA) is 96.7 Å². The third kappa shape index (κ3) is 2.90. The molecule has 3 N–H and O–H groups in total. The highest BCUT2D eigenvalue weighted by Gasteiger charge is 2.20. The number of rotatable bonds is 3. The molecule has 0 saturated heterocycles. The van der Waals surface area contributed by atoms with E-state index in [1.54, 1.807) is 25.2 Å². The van der Waals surface area contributed by atoms with Gasteiger partial charge in [0.1, 0.15) is 11.8 Å². The number of nitrogens with two attached hydrogens (primary N) is 1. The van der Waals surface area contributed by atoms with Gasteiger partial charge in [0, 0.05) is 11.5 Å². The maximum Gasteiger partial charge on any atom is 0.276 e. The normalized spacial score (nSPS) is 10.2. The lowest BCUT2D eigenvalue weighted by Crippen LogP contribution is -2.18. The zero-order valence-electron chi connectivity index (χ0n) is 11.6. The molecule has 0 aliphatic heterocycles. The van der Waals surface area contributed by atoms with Crippen LogP contribution >= 0.6 is 15.9 Å². The van der Waals surface area contributed by atoms with Crippen LogP contribution in [-0.2, 0) is 13.5 Å². The maximum atomic E-state index is 12.4. The lowest BCUT2D eigenvalue weighted by Gasteiger charge is -2.08. The van der Waals surface area contributed by atoms with Gasteiger partial charge in [-0.2, -0.15) is 10.4 Å². The summed E-state index contributed by atoms with van der Waals surface area (Å²) in [7, 11) is 1.66. The second-order valence-corrected chi connectivity index (χ2v) is 5.36. The SMILES string of the molecule is CCc1nn(C)c(C(=O)Nc2cc(Br)ccc2C#N)c1N. The van der Waals surface area contributed by atoms with Crippen molar-refractivity contribution in [2.75, 3.05) is 11.1 Å². The number of halogens is 1. The first-order chi connectivity index (χ1) is 9.97. The second-order valence-electron chi connectivity index (χ2n) is 4.44. The molecular weight excluding hydrogens is 334 g/mol. The number of hydrogen-bond acceptors (Lipinski definition) is 4. The zero-order chi connectivity index (χ0) is 15.6. The Hall–Kier alpha value is -2.33. The van der Waals surface area contributed by atoms with E-state index in [9.17, 15) is 4.79 Å². The Kier molecular flexibility index (Phi) is 4.29. The van der Waals surface area contributed by atoms with Crippen LogP contribution in [0.3, 0.4) is 0 Å². The predicted molar refractivity (Wildman–Crippen MR) is 83.8 cm³/mol. The molecule has 2 aromatic rings. The summed E-state index contributed by atoms with van der Waals surface area (Å²) in [5, 5.41) is 16.0. The van der Waals surface area contributed by atoms with Crippen LogP contribution in [-0.4, -0.2) is 15.7 Å². The molecule has 0 aliphatic rings. The van der Waals surface area contributed by atoms with Crippen LogP contribution in [0.25, 0.3) is 0 Å². The highest BCUT2D eigenvalue weighted by Crippen LogP contribution is 2.23. The summed E-state index contributed by atoms with van der Waals surface area (Å²) in [6.07, 6.45) is 0.646. The summed E-state index contributed by atoms with van der Waals surface area (Å²) in [5.41, 5.74) is 8.09. The van der Waals surface area contributed by atoms with Gasteiger partial charge in [0.2, 0.25) is 0 Å². The van der Waals surface area contributed by atoms with Gasteiger partial charge in [-0.1, -0.05) is 22.9 Å². The van der Waals surface area contributed by atoms with Crippen LogP contribution in [0.1, 0.15) is 28.7 Å². The smallest absolute Gasteiger partial charge is 0.276 e. The number of carbonyl (C=O) groups excluding carboxylic acids is 1. The minimum atomic E-state index is -0.392. The quantitative estimate of drug-likeness (QED) is 0.890. The summed E-state index contributed by atoms with van der Waals surface area (Å²) in [5.74, 6) is -0.392. The van der Waals surface area contributed by atoms with Crippen molar-refractivity contribution in [1.29, 1.82) is 5.26 Å². The summed E-state index contributed by atoms with van der Waals surface area (Å²) in [6.45, 7) is 1.92. The molecule has 6 nitrogen and oxygen atoms in total. The largest absolute Gasteiger partial charge is 0.395 e. The number of nitrogens with zero attached hydrogens (tertiary/aromatic N) is 3. The molecule has 1 heterocycles. The van der Waals surface area contributed by atoms with E-state index >= 15 is 0 Å². The van der Waals surface area contributed by atoms with Gasteiger partial charge >= 0.3 is 0 Å². The van der Waals surface area contributed by atoms with E-state index in [4.69, 9.17) is 11.0 Å². The average molecular weight is 348 g/mol. The van der Waals surface area contributed by atoms with Crippen LogP contribution in [0.5, 0.6) is 0 Å². The third-order valence-corrected chi connectivity index (χ3v) is 3.55. The van der Waals surface area contributed by atoms with E-state index in [0.717, 1.165) is 4.47 Å². The second kappa shape index (κ2) is 5.97. The van der Waals surface area contributed by atoms with E-state index in [2.05, 4.69) is 26.3 Å². The van der Waals surface area contributed by atoms with Crippen molar-refractivity contribution >= 4 is 33.2 Å². The van der Waals surface area contributed by atoms with Crippen molar-refractivity contribution in [3.63, 3.8) is 0 Å². The zero-order valence-corrected chi connectivity index (χ0v) is 13.2. The molecule has 108 valence electrons. The molecule has 0 saturated carbocycles. The van der Waals surface area contributed by atoms with Crippen molar-refractivity contribution in [2.24, 2.45) is 7.05 Å². The number of aryl methyl sites for hydroxylation is 2. The van der Waals surface area contributed by atoms with Crippen molar-refractivity contribution in [3.05, 3.63) is 39.6 Å². The molecule has 0 bridgehead atoms. The summed E-state index contributed by atoms with van der Waals surface area (Å²) in [4.78, 5) is 12.4. The molecule has 2 rings (SSSR count). The van der Waals surface area contributed by atoms with Crippen molar-refractivity contribution in [2.45, 2.75) is 13.3 Å². The number of amides is 1. The number of nitriles is 1. The van der Waals surface area contributed by atoms with Crippen molar-refractivity contribution < 1.29 is 4.79 Å². The number of anilines is 2. The van der Waals surface area contributed by atoms with E-state index < -0.39 is 5.91 Å². The molecule has 1 aromatic carbocycles. The molecule has 0 fully saturated rings. The van der Waals surface area contributed by atoms with Crippen molar-refractivity contribution in [3.8, 4) is 6.07 Å². The molecular formula is C14H14BrN5O. The molecule has 0 radical (unpaired) electrons. The van der Waals surface area contributed by atoms with E-state index in [0.29, 0.717) is 29.1 Å². The minimum absolute atomic E-state index is 0.288. The molecule has 0 aliphatic carbocycles. The van der Waals surface area contributed by atoms with Crippen LogP contribution in [0.2, 0.25) is 0 Å². The van der Waals surface area contributed by atoms with E-state index in [-0.39, 0.29) is 5.69 Å². The number of nitrogens with one attached hydrogen (secondary N) is 1. The standard InChI is InChI=1S/C14H14BrN5O/c1-3-10-12(17)13(20(2)19-10)14(21)18-11-6-9(15)5-4-8(11)7-16/h4-6H,3,17H2,1-2H3,(H,18,21). The van der Waals surface area contributed by atoms with Gasteiger partial charge in [0.05, 0.1) is 22.6 Å². The lowest BCUT2D eigenvalue weighted by molar-refractivity contribution is 0.101. The summed E-state index contributed by atoms with van der Waals surface area (Å²) < 4.78 is 2.22. The number of hydrogen-bond donors (Lipinski definition) is 2. The van der Waals surface area contributed by atoms with Gasteiger partial charge in [-0.25, -0.2) is 0 Å². The molecule has 1 aromatic heterocycles. The predicted octanol–water partition coefficient (Wildman–Crippen LogP) is 2.45. The Morgan fingerprint density at radius 1 is 1.57 bits per heavy atom. The van der Waals surface area contributed by atoms with Crippen LogP contribution in [0.15, 0.2) is 22.7 Å². The van der Waals surface area contributed by atoms with Gasteiger partial charge in [-0.3, -0.25) is 9.48 Å². The fourth-order valence-corrected chi connectivity index (χ4v) is 2.39. The summed E-state index contributed by atoms with van der Waals surface area (Å²) in [6, 6.07) is 7.07. The Balaban J connectivity index is 2.37. The molecule has 0 spiro atoms. The Bertz CT molecular complexity index is 745. The first-order valence-electron chi connectivity index (χ1n) is 6.30. The first kappa shape index (κ1) is 15.1. The van der Waals surface area contributed by atoms with Gasteiger partial charge in [-0.05, 0) is 24.6 Å². The first-order valence-corrected chi connectivity index (χ1v) is 7.09. The number of carbonyl (C=O) groups is 1. The molecule has 7 heteroatoms. The number of aromatic nitrogens is 2. The monoisotopic (exact) mass is 347 g/mol. The minimum Gasteiger partial charge on any atom is -0.395 e. The highest BCUT2D eigenvalue weighted by atomic mass is 79.9. The van der Waals surface area contributed by atoms with Crippen LogP contribution < -0.4 is 11.1 Å². The number of benzene rings is 1. The van der Waals surface area contributed by atoms with E-state index in [1.807, 2.05) is 13.0 Å². The Labute approximate surface area is 130 Å². The molecule has 0 unspecified atom stereocenters. The third-order valence-electron chi connectivity index (χ3n) is 3.06. The maximum absolute atomic E-state index is 12.4. The fourth-order valence-electron chi connectivity index (χ4n) is 2.03. The Morgan fingerprint density at radius 3 is 2.86 bits per heavy atom. The van der Waals surface area contributed by atoms with Gasteiger partial charge < -0.3 is 11.1 Å². The molecule has 21 heavy (non-hydrogen) atoms. The van der Waals surface area contributed by atoms with Crippen LogP contribution in [0.4, 0.5) is 11.4 Å². The van der Waals surface area contributed by atoms with Crippen LogP contribution in [0, 0.1) is 11.3 Å². The van der Waals surface area contributed by atoms with Gasteiger partial charge in [-0.15, -0.1) is 0 Å². The highest BCUT2D eigenvalue weighted by molar-refractivity contribution is 9.10. The van der Waals surface area contributed by atoms with Gasteiger partial charge in [0.15, 0.2) is 0 Å². The molecule has 0 atom stereocenters. The number of nitrogen functional groups attached to an aromatic ring is 1. The molecule has 1 amide bonds. The van der Waals surface area contributed by atoms with Gasteiger partial charge in [0.25, 0.3) is 5.91 Å². The van der Waals surface area contributed by atoms with Crippen molar-refractivity contribution in [1.82, 2.24) is 9.78 Å². The fraction of sp³-hybridized carbons (Fsp3) is 0.214. The summed E-state index contributed by atoms with van der Waals surface area (Å²) >= 11 is 3.31. The average Bonchev–Trinajstić information content (AvgIpc) is 2.73.